The monoisotopic (exact) mass is 191 g/mol. The highest BCUT2D eigenvalue weighted by Crippen LogP contribution is 2.24. The van der Waals surface area contributed by atoms with E-state index in [0.717, 1.165) is 6.20 Å². The van der Waals surface area contributed by atoms with Crippen LogP contribution in [0.15, 0.2) is 6.20 Å². The van der Waals surface area contributed by atoms with Crippen molar-refractivity contribution in [2.24, 2.45) is 0 Å². The maximum Gasteiger partial charge on any atom is 0.265 e. The quantitative estimate of drug-likeness (QED) is 0.725. The van der Waals surface area contributed by atoms with Crippen LogP contribution in [0.2, 0.25) is 0 Å². The van der Waals surface area contributed by atoms with Crippen LogP contribution >= 0.6 is 0 Å². The molecule has 0 fully saturated rings. The molecule has 1 heterocycles. The minimum absolute atomic E-state index is 0.0602. The number of aromatic nitrogens is 1. The fourth-order valence-electron chi connectivity index (χ4n) is 1.03. The molecular formula is C8H8F3NO. The Morgan fingerprint density at radius 2 is 2.15 bits per heavy atom. The Morgan fingerprint density at radius 3 is 2.62 bits per heavy atom. The highest BCUT2D eigenvalue weighted by atomic mass is 19.3. The maximum absolute atomic E-state index is 12.8. The number of nitrogens with zero attached hydrogens (tertiary/aromatic N) is 1. The first-order valence-electron chi connectivity index (χ1n) is 3.60. The van der Waals surface area contributed by atoms with E-state index >= 15 is 0 Å². The second kappa shape index (κ2) is 3.74. The second-order valence-electron chi connectivity index (χ2n) is 2.57. The van der Waals surface area contributed by atoms with Gasteiger partial charge in [0, 0.05) is 17.3 Å². The normalized spacial score (nSPS) is 10.9. The lowest BCUT2D eigenvalue weighted by atomic mass is 10.1. The smallest absolute Gasteiger partial charge is 0.265 e. The van der Waals surface area contributed by atoms with Crippen molar-refractivity contribution < 1.29 is 18.3 Å². The number of alkyl halides is 2. The summed E-state index contributed by atoms with van der Waals surface area (Å²) in [4.78, 5) is 3.13. The van der Waals surface area contributed by atoms with Gasteiger partial charge in [0.05, 0.1) is 6.61 Å². The van der Waals surface area contributed by atoms with Gasteiger partial charge in [-0.2, -0.15) is 4.39 Å². The Labute approximate surface area is 73.0 Å². The van der Waals surface area contributed by atoms with Gasteiger partial charge in [-0.05, 0) is 12.5 Å². The van der Waals surface area contributed by atoms with Crippen LogP contribution in [0, 0.1) is 12.9 Å². The van der Waals surface area contributed by atoms with Crippen LogP contribution in [0.5, 0.6) is 0 Å². The van der Waals surface area contributed by atoms with Crippen molar-refractivity contribution in [1.29, 1.82) is 0 Å². The van der Waals surface area contributed by atoms with Crippen LogP contribution < -0.4 is 0 Å². The molecule has 0 aliphatic carbocycles. The lowest BCUT2D eigenvalue weighted by molar-refractivity contribution is 0.149. The first kappa shape index (κ1) is 9.98. The van der Waals surface area contributed by atoms with E-state index in [1.807, 2.05) is 0 Å². The Bertz CT molecular complexity index is 315. The highest BCUT2D eigenvalue weighted by molar-refractivity contribution is 5.31. The number of aliphatic hydroxyl groups is 1. The van der Waals surface area contributed by atoms with E-state index in [4.69, 9.17) is 5.11 Å². The number of halogens is 3. The van der Waals surface area contributed by atoms with Gasteiger partial charge in [0.2, 0.25) is 5.95 Å². The standard InChI is InChI=1S/C8H8F3NO/c1-4-5(7(9)10)2-12-8(11)6(4)3-13/h2,7,13H,3H2,1H3. The highest BCUT2D eigenvalue weighted by Gasteiger charge is 2.16. The molecule has 0 spiro atoms. The van der Waals surface area contributed by atoms with Crippen LogP contribution in [-0.4, -0.2) is 10.1 Å². The van der Waals surface area contributed by atoms with E-state index in [0.29, 0.717) is 0 Å². The number of rotatable bonds is 2. The van der Waals surface area contributed by atoms with Crippen molar-refractivity contribution in [2.45, 2.75) is 20.0 Å². The summed E-state index contributed by atoms with van der Waals surface area (Å²) in [6, 6.07) is 0. The Hall–Kier alpha value is -1.10. The third-order valence-corrected chi connectivity index (χ3v) is 1.84. The molecule has 0 saturated heterocycles. The van der Waals surface area contributed by atoms with E-state index in [9.17, 15) is 13.2 Å². The van der Waals surface area contributed by atoms with Crippen molar-refractivity contribution in [3.63, 3.8) is 0 Å². The average molecular weight is 191 g/mol. The molecule has 0 aromatic carbocycles. The molecule has 0 radical (unpaired) electrons. The molecule has 0 aliphatic heterocycles. The van der Waals surface area contributed by atoms with Gasteiger partial charge in [-0.15, -0.1) is 0 Å². The molecule has 0 unspecified atom stereocenters. The first-order valence-corrected chi connectivity index (χ1v) is 3.60. The Balaban J connectivity index is 3.27. The summed E-state index contributed by atoms with van der Waals surface area (Å²) in [5, 5.41) is 8.68. The molecule has 0 aliphatic rings. The molecule has 1 N–H and O–H groups in total. The van der Waals surface area contributed by atoms with Crippen LogP contribution in [0.1, 0.15) is 23.1 Å². The Kier molecular flexibility index (Phi) is 2.87. The summed E-state index contributed by atoms with van der Waals surface area (Å²) >= 11 is 0. The topological polar surface area (TPSA) is 33.1 Å². The lowest BCUT2D eigenvalue weighted by Gasteiger charge is -2.08. The average Bonchev–Trinajstić information content (AvgIpc) is 2.04. The first-order chi connectivity index (χ1) is 6.07. The molecule has 5 heteroatoms. The second-order valence-corrected chi connectivity index (χ2v) is 2.57. The van der Waals surface area contributed by atoms with E-state index in [-0.39, 0.29) is 16.7 Å². The number of aliphatic hydroxyl groups excluding tert-OH is 1. The predicted molar refractivity (Wildman–Crippen MR) is 39.8 cm³/mol. The minimum Gasteiger partial charge on any atom is -0.391 e. The molecule has 72 valence electrons. The van der Waals surface area contributed by atoms with Crippen molar-refractivity contribution in [1.82, 2.24) is 4.98 Å². The summed E-state index contributed by atoms with van der Waals surface area (Å²) in [6.45, 7) is 0.711. The predicted octanol–water partition coefficient (Wildman–Crippen LogP) is 1.96. The number of hydrogen-bond donors (Lipinski definition) is 1. The van der Waals surface area contributed by atoms with E-state index in [1.165, 1.54) is 6.92 Å². The van der Waals surface area contributed by atoms with Gasteiger partial charge < -0.3 is 5.11 Å². The van der Waals surface area contributed by atoms with E-state index < -0.39 is 19.0 Å². The maximum atomic E-state index is 12.8. The third-order valence-electron chi connectivity index (χ3n) is 1.84. The van der Waals surface area contributed by atoms with Crippen LogP contribution in [-0.2, 0) is 6.61 Å². The number of hydrogen-bond acceptors (Lipinski definition) is 2. The summed E-state index contributed by atoms with van der Waals surface area (Å²) in [5.41, 5.74) is -0.451. The van der Waals surface area contributed by atoms with Gasteiger partial charge in [0.1, 0.15) is 0 Å². The van der Waals surface area contributed by atoms with Gasteiger partial charge in [0.15, 0.2) is 0 Å². The van der Waals surface area contributed by atoms with Gasteiger partial charge in [-0.1, -0.05) is 0 Å². The van der Waals surface area contributed by atoms with Crippen molar-refractivity contribution in [2.75, 3.05) is 0 Å². The molecule has 0 amide bonds. The molecular weight excluding hydrogens is 183 g/mol. The zero-order chi connectivity index (χ0) is 10.0. The largest absolute Gasteiger partial charge is 0.391 e. The fraction of sp³-hybridized carbons (Fsp3) is 0.375. The molecule has 0 bridgehead atoms. The zero-order valence-electron chi connectivity index (χ0n) is 6.89. The minimum atomic E-state index is -2.70. The Morgan fingerprint density at radius 1 is 1.54 bits per heavy atom. The molecule has 1 aromatic rings. The van der Waals surface area contributed by atoms with Crippen molar-refractivity contribution in [3.05, 3.63) is 28.8 Å². The van der Waals surface area contributed by atoms with E-state index in [2.05, 4.69) is 4.98 Å². The molecule has 1 rings (SSSR count). The summed E-state index contributed by atoms with van der Waals surface area (Å²) in [5.74, 6) is -0.899. The van der Waals surface area contributed by atoms with Crippen LogP contribution in [0.4, 0.5) is 13.2 Å². The summed E-state index contributed by atoms with van der Waals surface area (Å²) in [7, 11) is 0. The van der Waals surface area contributed by atoms with Gasteiger partial charge >= 0.3 is 0 Å². The third kappa shape index (κ3) is 1.80. The van der Waals surface area contributed by atoms with Crippen LogP contribution in [0.3, 0.4) is 0 Å². The summed E-state index contributed by atoms with van der Waals surface area (Å²) in [6.07, 6.45) is -1.91. The molecule has 2 nitrogen and oxygen atoms in total. The number of pyridine rings is 1. The molecule has 1 aromatic heterocycles. The van der Waals surface area contributed by atoms with Crippen molar-refractivity contribution >= 4 is 0 Å². The molecule has 13 heavy (non-hydrogen) atoms. The molecule has 0 saturated carbocycles. The SMILES string of the molecule is Cc1c(C(F)F)cnc(F)c1CO. The summed E-state index contributed by atoms with van der Waals surface area (Å²) < 4.78 is 37.2. The van der Waals surface area contributed by atoms with E-state index in [1.54, 1.807) is 0 Å². The van der Waals surface area contributed by atoms with Gasteiger partial charge in [-0.3, -0.25) is 0 Å². The molecule has 0 atom stereocenters. The van der Waals surface area contributed by atoms with Gasteiger partial charge in [0.25, 0.3) is 6.43 Å². The van der Waals surface area contributed by atoms with Crippen molar-refractivity contribution in [3.8, 4) is 0 Å². The lowest BCUT2D eigenvalue weighted by Crippen LogP contribution is -2.02. The fourth-order valence-corrected chi connectivity index (χ4v) is 1.03. The zero-order valence-corrected chi connectivity index (χ0v) is 6.89. The van der Waals surface area contributed by atoms with Gasteiger partial charge in [-0.25, -0.2) is 13.8 Å². The van der Waals surface area contributed by atoms with Crippen LogP contribution in [0.25, 0.3) is 0 Å².